The molecule has 1 amide bonds. The Hall–Kier alpha value is -1.40. The fourth-order valence-corrected chi connectivity index (χ4v) is 2.76. The van der Waals surface area contributed by atoms with E-state index >= 15 is 0 Å². The molecular formula is C13H18N2O3S. The number of carbonyl (C=O) groups excluding carboxylic acids is 1. The van der Waals surface area contributed by atoms with Gasteiger partial charge < -0.3 is 10.6 Å². The summed E-state index contributed by atoms with van der Waals surface area (Å²) >= 11 is 0. The van der Waals surface area contributed by atoms with Crippen LogP contribution in [0.15, 0.2) is 29.2 Å². The standard InChI is InChI=1S/C13H18N2O3S/c1-19(17,18)12-4-2-3-11(7-12)13(16)15-9-10-5-6-14-8-10/h2-4,7,10,14H,5-6,8-9H2,1H3,(H,15,16). The molecule has 0 bridgehead atoms. The Morgan fingerprint density at radius 1 is 1.47 bits per heavy atom. The van der Waals surface area contributed by atoms with Crippen molar-refractivity contribution < 1.29 is 13.2 Å². The molecule has 1 heterocycles. The first-order valence-electron chi connectivity index (χ1n) is 6.26. The van der Waals surface area contributed by atoms with Gasteiger partial charge in [0.2, 0.25) is 0 Å². The third-order valence-electron chi connectivity index (χ3n) is 3.24. The highest BCUT2D eigenvalue weighted by molar-refractivity contribution is 7.90. The largest absolute Gasteiger partial charge is 0.352 e. The Labute approximate surface area is 113 Å². The van der Waals surface area contributed by atoms with Gasteiger partial charge in [0, 0.05) is 18.4 Å². The third kappa shape index (κ3) is 3.78. The second-order valence-corrected chi connectivity index (χ2v) is 6.88. The minimum Gasteiger partial charge on any atom is -0.352 e. The van der Waals surface area contributed by atoms with Crippen molar-refractivity contribution in [2.45, 2.75) is 11.3 Å². The van der Waals surface area contributed by atoms with Gasteiger partial charge in [0.15, 0.2) is 9.84 Å². The van der Waals surface area contributed by atoms with E-state index in [1.165, 1.54) is 12.1 Å². The van der Waals surface area contributed by atoms with Crippen LogP contribution in [0.25, 0.3) is 0 Å². The van der Waals surface area contributed by atoms with E-state index in [-0.39, 0.29) is 10.8 Å². The van der Waals surface area contributed by atoms with Gasteiger partial charge in [-0.15, -0.1) is 0 Å². The maximum atomic E-state index is 12.0. The molecular weight excluding hydrogens is 264 g/mol. The summed E-state index contributed by atoms with van der Waals surface area (Å²) in [5, 5.41) is 6.08. The fraction of sp³-hybridized carbons (Fsp3) is 0.462. The van der Waals surface area contributed by atoms with Gasteiger partial charge in [0.25, 0.3) is 5.91 Å². The van der Waals surface area contributed by atoms with Crippen LogP contribution in [0.2, 0.25) is 0 Å². The summed E-state index contributed by atoms with van der Waals surface area (Å²) < 4.78 is 22.9. The molecule has 2 rings (SSSR count). The summed E-state index contributed by atoms with van der Waals surface area (Å²) in [6.45, 7) is 2.53. The first-order valence-corrected chi connectivity index (χ1v) is 8.15. The second kappa shape index (κ2) is 5.71. The van der Waals surface area contributed by atoms with Gasteiger partial charge in [-0.2, -0.15) is 0 Å². The first kappa shape index (κ1) is 14.0. The predicted octanol–water partition coefficient (Wildman–Crippen LogP) is 0.429. The summed E-state index contributed by atoms with van der Waals surface area (Å²) in [4.78, 5) is 12.1. The van der Waals surface area contributed by atoms with E-state index in [1.54, 1.807) is 12.1 Å². The Kier molecular flexibility index (Phi) is 4.21. The average Bonchev–Trinajstić information content (AvgIpc) is 2.88. The van der Waals surface area contributed by atoms with Crippen LogP contribution in [0.5, 0.6) is 0 Å². The van der Waals surface area contributed by atoms with Crippen LogP contribution in [0.1, 0.15) is 16.8 Å². The van der Waals surface area contributed by atoms with Gasteiger partial charge in [-0.25, -0.2) is 8.42 Å². The molecule has 104 valence electrons. The third-order valence-corrected chi connectivity index (χ3v) is 4.35. The minimum absolute atomic E-state index is 0.169. The molecule has 0 aromatic heterocycles. The summed E-state index contributed by atoms with van der Waals surface area (Å²) in [5.74, 6) is 0.236. The van der Waals surface area contributed by atoms with Crippen LogP contribution in [0.3, 0.4) is 0 Å². The lowest BCUT2D eigenvalue weighted by molar-refractivity contribution is 0.0948. The molecule has 0 spiro atoms. The SMILES string of the molecule is CS(=O)(=O)c1cccc(C(=O)NCC2CCNC2)c1. The van der Waals surface area contributed by atoms with E-state index in [0.29, 0.717) is 18.0 Å². The molecule has 1 atom stereocenters. The molecule has 1 saturated heterocycles. The van der Waals surface area contributed by atoms with Gasteiger partial charge in [-0.1, -0.05) is 6.07 Å². The maximum absolute atomic E-state index is 12.0. The molecule has 1 aromatic carbocycles. The van der Waals surface area contributed by atoms with Crippen LogP contribution >= 0.6 is 0 Å². The predicted molar refractivity (Wildman–Crippen MR) is 72.9 cm³/mol. The van der Waals surface area contributed by atoms with Crippen molar-refractivity contribution in [3.63, 3.8) is 0 Å². The van der Waals surface area contributed by atoms with Crippen molar-refractivity contribution >= 4 is 15.7 Å². The molecule has 19 heavy (non-hydrogen) atoms. The highest BCUT2D eigenvalue weighted by Gasteiger charge is 2.16. The van der Waals surface area contributed by atoms with Gasteiger partial charge in [0.1, 0.15) is 0 Å². The van der Waals surface area contributed by atoms with Crippen molar-refractivity contribution in [1.82, 2.24) is 10.6 Å². The fourth-order valence-electron chi connectivity index (χ4n) is 2.10. The molecule has 1 unspecified atom stereocenters. The molecule has 6 heteroatoms. The quantitative estimate of drug-likeness (QED) is 0.840. The number of amides is 1. The van der Waals surface area contributed by atoms with Crippen LogP contribution in [0, 0.1) is 5.92 Å². The smallest absolute Gasteiger partial charge is 0.251 e. The lowest BCUT2D eigenvalue weighted by Crippen LogP contribution is -2.30. The minimum atomic E-state index is -3.28. The van der Waals surface area contributed by atoms with E-state index < -0.39 is 9.84 Å². The molecule has 1 aliphatic rings. The Morgan fingerprint density at radius 2 is 2.26 bits per heavy atom. The van der Waals surface area contributed by atoms with Crippen molar-refractivity contribution in [2.24, 2.45) is 5.92 Å². The van der Waals surface area contributed by atoms with Crippen LogP contribution < -0.4 is 10.6 Å². The number of rotatable bonds is 4. The van der Waals surface area contributed by atoms with Gasteiger partial charge in [-0.05, 0) is 43.6 Å². The average molecular weight is 282 g/mol. The molecule has 5 nitrogen and oxygen atoms in total. The summed E-state index contributed by atoms with van der Waals surface area (Å²) in [5.41, 5.74) is 0.383. The van der Waals surface area contributed by atoms with E-state index in [2.05, 4.69) is 10.6 Å². The van der Waals surface area contributed by atoms with Gasteiger partial charge in [-0.3, -0.25) is 4.79 Å². The molecule has 0 saturated carbocycles. The summed E-state index contributed by atoms with van der Waals surface area (Å²) in [7, 11) is -3.28. The molecule has 1 fully saturated rings. The number of carbonyl (C=O) groups is 1. The molecule has 1 aromatic rings. The van der Waals surface area contributed by atoms with Crippen LogP contribution in [-0.4, -0.2) is 40.2 Å². The number of nitrogens with one attached hydrogen (secondary N) is 2. The summed E-state index contributed by atoms with van der Waals surface area (Å²) in [6.07, 6.45) is 2.19. The van der Waals surface area contributed by atoms with E-state index in [1.807, 2.05) is 0 Å². The zero-order chi connectivity index (χ0) is 13.9. The highest BCUT2D eigenvalue weighted by Crippen LogP contribution is 2.12. The molecule has 0 radical (unpaired) electrons. The number of hydrogen-bond acceptors (Lipinski definition) is 4. The zero-order valence-electron chi connectivity index (χ0n) is 10.8. The van der Waals surface area contributed by atoms with Gasteiger partial charge >= 0.3 is 0 Å². The summed E-state index contributed by atoms with van der Waals surface area (Å²) in [6, 6.07) is 6.11. The molecule has 0 aliphatic carbocycles. The lowest BCUT2D eigenvalue weighted by atomic mass is 10.1. The van der Waals surface area contributed by atoms with Crippen molar-refractivity contribution in [3.05, 3.63) is 29.8 Å². The Morgan fingerprint density at radius 3 is 2.89 bits per heavy atom. The van der Waals surface area contributed by atoms with E-state index in [9.17, 15) is 13.2 Å². The van der Waals surface area contributed by atoms with Crippen LogP contribution in [0.4, 0.5) is 0 Å². The molecule has 1 aliphatic heterocycles. The van der Waals surface area contributed by atoms with Crippen molar-refractivity contribution in [1.29, 1.82) is 0 Å². The van der Waals surface area contributed by atoms with Crippen molar-refractivity contribution in [3.8, 4) is 0 Å². The van der Waals surface area contributed by atoms with E-state index in [0.717, 1.165) is 25.8 Å². The topological polar surface area (TPSA) is 75.3 Å². The highest BCUT2D eigenvalue weighted by atomic mass is 32.2. The molecule has 2 N–H and O–H groups in total. The van der Waals surface area contributed by atoms with Crippen molar-refractivity contribution in [2.75, 3.05) is 25.9 Å². The lowest BCUT2D eigenvalue weighted by Gasteiger charge is -2.10. The first-order chi connectivity index (χ1) is 8.97. The van der Waals surface area contributed by atoms with Gasteiger partial charge in [0.05, 0.1) is 4.90 Å². The number of sulfone groups is 1. The van der Waals surface area contributed by atoms with Crippen LogP contribution in [-0.2, 0) is 9.84 Å². The monoisotopic (exact) mass is 282 g/mol. The Balaban J connectivity index is 2.02. The Bertz CT molecular complexity index is 563. The van der Waals surface area contributed by atoms with E-state index in [4.69, 9.17) is 0 Å². The second-order valence-electron chi connectivity index (χ2n) is 4.87. The maximum Gasteiger partial charge on any atom is 0.251 e. The number of benzene rings is 1. The normalized spacial score (nSPS) is 19.3. The zero-order valence-corrected chi connectivity index (χ0v) is 11.7. The number of hydrogen-bond donors (Lipinski definition) is 2.